The van der Waals surface area contributed by atoms with Gasteiger partial charge in [0.05, 0.1) is 12.2 Å². The molecular weight excluding hydrogens is 385 g/mol. The third-order valence-corrected chi connectivity index (χ3v) is 5.07. The summed E-state index contributed by atoms with van der Waals surface area (Å²) in [6.07, 6.45) is 1.21. The highest BCUT2D eigenvalue weighted by atomic mass is 35.5. The van der Waals surface area contributed by atoms with Crippen molar-refractivity contribution in [1.82, 2.24) is 10.3 Å². The number of nitrogens with zero attached hydrogens (tertiary/aromatic N) is 2. The summed E-state index contributed by atoms with van der Waals surface area (Å²) in [5.41, 5.74) is 1.86. The summed E-state index contributed by atoms with van der Waals surface area (Å²) in [4.78, 5) is 18.8. The van der Waals surface area contributed by atoms with Crippen LogP contribution in [0.4, 0.5) is 5.69 Å². The summed E-state index contributed by atoms with van der Waals surface area (Å²) in [6, 6.07) is 11.4. The van der Waals surface area contributed by atoms with Crippen molar-refractivity contribution in [3.8, 4) is 5.75 Å². The summed E-state index contributed by atoms with van der Waals surface area (Å²) in [5.74, 6) is 0.605. The first-order chi connectivity index (χ1) is 13.0. The van der Waals surface area contributed by atoms with Crippen molar-refractivity contribution in [2.75, 3.05) is 11.4 Å². The second-order valence-corrected chi connectivity index (χ2v) is 7.37. The maximum absolute atomic E-state index is 12.7. The molecule has 27 heavy (non-hydrogen) atoms. The Labute approximate surface area is 169 Å². The van der Waals surface area contributed by atoms with E-state index in [4.69, 9.17) is 27.9 Å². The molecule has 1 unspecified atom stereocenters. The Bertz CT molecular complexity index is 791. The number of fused-ring (bicyclic) bond motifs is 1. The van der Waals surface area contributed by atoms with Crippen LogP contribution in [0.1, 0.15) is 32.3 Å². The molecule has 2 heterocycles. The Morgan fingerprint density at radius 2 is 1.93 bits per heavy atom. The lowest BCUT2D eigenvalue weighted by molar-refractivity contribution is -0.128. The Balaban J connectivity index is 1.83. The van der Waals surface area contributed by atoms with Crippen LogP contribution < -0.4 is 15.0 Å². The number of rotatable bonds is 6. The molecule has 1 aromatic heterocycles. The van der Waals surface area contributed by atoms with Crippen molar-refractivity contribution in [1.29, 1.82) is 0 Å². The molecule has 1 N–H and O–H groups in total. The third kappa shape index (κ3) is 4.85. The molecule has 0 bridgehead atoms. The Hall–Kier alpha value is -1.98. The van der Waals surface area contributed by atoms with E-state index in [1.54, 1.807) is 12.1 Å². The number of aromatic nitrogens is 1. The molecular formula is C20H23Cl2N3O2. The van der Waals surface area contributed by atoms with Crippen molar-refractivity contribution < 1.29 is 9.53 Å². The number of hydrogen-bond donors (Lipinski definition) is 1. The third-order valence-electron chi connectivity index (χ3n) is 4.68. The van der Waals surface area contributed by atoms with E-state index in [1.165, 1.54) is 0 Å². The number of ether oxygens (including phenoxy) is 1. The van der Waals surface area contributed by atoms with E-state index in [0.717, 1.165) is 24.1 Å². The van der Waals surface area contributed by atoms with Crippen LogP contribution in [-0.2, 0) is 11.3 Å². The summed E-state index contributed by atoms with van der Waals surface area (Å²) in [6.45, 7) is 5.13. The van der Waals surface area contributed by atoms with Gasteiger partial charge in [-0.25, -0.2) is 4.98 Å². The number of anilines is 1. The molecule has 0 saturated heterocycles. The number of benzene rings is 1. The quantitative estimate of drug-likeness (QED) is 0.718. The van der Waals surface area contributed by atoms with Gasteiger partial charge in [0.1, 0.15) is 16.1 Å². The average Bonchev–Trinajstić information content (AvgIpc) is 2.65. The van der Waals surface area contributed by atoms with Gasteiger partial charge in [0.15, 0.2) is 6.10 Å². The van der Waals surface area contributed by atoms with Crippen molar-refractivity contribution in [3.05, 3.63) is 52.3 Å². The predicted octanol–water partition coefficient (Wildman–Crippen LogP) is 4.46. The smallest absolute Gasteiger partial charge is 0.263 e. The molecule has 0 saturated carbocycles. The highest BCUT2D eigenvalue weighted by molar-refractivity contribution is 6.32. The largest absolute Gasteiger partial charge is 0.477 e. The maximum atomic E-state index is 12.7. The van der Waals surface area contributed by atoms with Crippen molar-refractivity contribution in [2.45, 2.75) is 45.4 Å². The molecule has 0 fully saturated rings. The van der Waals surface area contributed by atoms with E-state index < -0.39 is 6.10 Å². The average molecular weight is 408 g/mol. The van der Waals surface area contributed by atoms with Crippen molar-refractivity contribution >= 4 is 34.8 Å². The fraction of sp³-hybridized carbons (Fsp3) is 0.400. The molecule has 0 aliphatic carbocycles. The van der Waals surface area contributed by atoms with Crippen LogP contribution in [0.15, 0.2) is 36.4 Å². The first-order valence-corrected chi connectivity index (χ1v) is 9.88. The van der Waals surface area contributed by atoms with Crippen molar-refractivity contribution in [3.63, 3.8) is 0 Å². The lowest BCUT2D eigenvalue weighted by atomic mass is 10.1. The van der Waals surface area contributed by atoms with Crippen LogP contribution in [0.2, 0.25) is 10.3 Å². The molecule has 2 aromatic rings. The van der Waals surface area contributed by atoms with Crippen LogP contribution >= 0.6 is 23.2 Å². The van der Waals surface area contributed by atoms with E-state index in [9.17, 15) is 4.79 Å². The van der Waals surface area contributed by atoms with Crippen LogP contribution in [0.5, 0.6) is 5.75 Å². The zero-order valence-corrected chi connectivity index (χ0v) is 16.9. The second kappa shape index (κ2) is 8.81. The van der Waals surface area contributed by atoms with E-state index >= 15 is 0 Å². The molecule has 1 aromatic carbocycles. The van der Waals surface area contributed by atoms with Gasteiger partial charge >= 0.3 is 0 Å². The van der Waals surface area contributed by atoms with Gasteiger partial charge in [-0.1, -0.05) is 49.2 Å². The number of pyridine rings is 1. The van der Waals surface area contributed by atoms with Gasteiger partial charge in [-0.05, 0) is 42.7 Å². The topological polar surface area (TPSA) is 54.5 Å². The van der Waals surface area contributed by atoms with Gasteiger partial charge in [0, 0.05) is 12.6 Å². The molecule has 0 spiro atoms. The van der Waals surface area contributed by atoms with Gasteiger partial charge in [-0.2, -0.15) is 0 Å². The van der Waals surface area contributed by atoms with E-state index in [1.807, 2.05) is 24.3 Å². The predicted molar refractivity (Wildman–Crippen MR) is 109 cm³/mol. The fourth-order valence-corrected chi connectivity index (χ4v) is 3.71. The number of carbonyl (C=O) groups excluding carboxylic acids is 1. The summed E-state index contributed by atoms with van der Waals surface area (Å²) < 4.78 is 5.98. The van der Waals surface area contributed by atoms with Gasteiger partial charge in [0.2, 0.25) is 0 Å². The molecule has 1 aliphatic heterocycles. The Morgan fingerprint density at radius 3 is 2.59 bits per heavy atom. The highest BCUT2D eigenvalue weighted by Gasteiger charge is 2.31. The number of para-hydroxylation sites is 2. The lowest BCUT2D eigenvalue weighted by Gasteiger charge is -2.36. The minimum Gasteiger partial charge on any atom is -0.477 e. The fourth-order valence-electron chi connectivity index (χ4n) is 3.21. The molecule has 7 heteroatoms. The van der Waals surface area contributed by atoms with Crippen LogP contribution in [0.25, 0.3) is 0 Å². The zero-order chi connectivity index (χ0) is 19.4. The number of nitrogens with one attached hydrogen (secondary N) is 1. The lowest BCUT2D eigenvalue weighted by Crippen LogP contribution is -2.50. The Morgan fingerprint density at radius 1 is 1.26 bits per heavy atom. The highest BCUT2D eigenvalue weighted by Crippen LogP contribution is 2.34. The summed E-state index contributed by atoms with van der Waals surface area (Å²) >= 11 is 12.1. The maximum Gasteiger partial charge on any atom is 0.263 e. The molecule has 1 aliphatic rings. The molecule has 5 nitrogen and oxygen atoms in total. The summed E-state index contributed by atoms with van der Waals surface area (Å²) in [7, 11) is 0. The molecule has 0 radical (unpaired) electrons. The van der Waals surface area contributed by atoms with Gasteiger partial charge in [0.25, 0.3) is 5.91 Å². The van der Waals surface area contributed by atoms with Crippen LogP contribution in [0, 0.1) is 0 Å². The van der Waals surface area contributed by atoms with Gasteiger partial charge < -0.3 is 15.0 Å². The van der Waals surface area contributed by atoms with Crippen molar-refractivity contribution in [2.24, 2.45) is 0 Å². The second-order valence-electron chi connectivity index (χ2n) is 6.60. The first kappa shape index (κ1) is 19.8. The SMILES string of the molecule is CCC(CC)NC(=O)C1CN(Cc2cc(Cl)nc(Cl)c2)c2ccccc2O1. The van der Waals surface area contributed by atoms with E-state index in [0.29, 0.717) is 29.1 Å². The number of halogens is 2. The van der Waals surface area contributed by atoms with E-state index in [-0.39, 0.29) is 11.9 Å². The molecule has 3 rings (SSSR count). The standard InChI is InChI=1S/C20H23Cl2N3O2/c1-3-14(4-2)23-20(26)17-12-25(15-7-5-6-8-16(15)27-17)11-13-9-18(21)24-19(22)10-13/h5-10,14,17H,3-4,11-12H2,1-2H3,(H,23,26). The zero-order valence-electron chi connectivity index (χ0n) is 15.4. The van der Waals surface area contributed by atoms with Gasteiger partial charge in [-0.15, -0.1) is 0 Å². The monoisotopic (exact) mass is 407 g/mol. The molecule has 1 amide bonds. The normalized spacial score (nSPS) is 16.0. The number of amides is 1. The van der Waals surface area contributed by atoms with Crippen LogP contribution in [0.3, 0.4) is 0 Å². The van der Waals surface area contributed by atoms with Crippen LogP contribution in [-0.4, -0.2) is 29.6 Å². The Kier molecular flexibility index (Phi) is 6.45. The molecule has 1 atom stereocenters. The minimum atomic E-state index is -0.576. The number of hydrogen-bond acceptors (Lipinski definition) is 4. The first-order valence-electron chi connectivity index (χ1n) is 9.13. The van der Waals surface area contributed by atoms with E-state index in [2.05, 4.69) is 29.0 Å². The van der Waals surface area contributed by atoms with Gasteiger partial charge in [-0.3, -0.25) is 4.79 Å². The number of carbonyl (C=O) groups is 1. The molecule has 144 valence electrons. The minimum absolute atomic E-state index is 0.0889. The summed E-state index contributed by atoms with van der Waals surface area (Å²) in [5, 5.41) is 3.77.